The molecule has 6 nitrogen and oxygen atoms in total. The molecule has 0 bridgehead atoms. The minimum Gasteiger partial charge on any atom is -0.380 e. The molecule has 1 aliphatic heterocycles. The van der Waals surface area contributed by atoms with Crippen LogP contribution in [0.5, 0.6) is 0 Å². The number of nitrogens with two attached hydrogens (primary N) is 1. The van der Waals surface area contributed by atoms with E-state index in [2.05, 4.69) is 0 Å². The highest BCUT2D eigenvalue weighted by Crippen LogP contribution is 2.29. The van der Waals surface area contributed by atoms with Gasteiger partial charge in [0.15, 0.2) is 0 Å². The number of hydrogen-bond donors (Lipinski definition) is 1. The number of amides is 1. The molecule has 1 rings (SSSR count). The van der Waals surface area contributed by atoms with E-state index in [1.165, 1.54) is 0 Å². The average Bonchev–Trinajstić information content (AvgIpc) is 2.78. The molecule has 0 aromatic heterocycles. The third-order valence-electron chi connectivity index (χ3n) is 3.71. The summed E-state index contributed by atoms with van der Waals surface area (Å²) in [5.74, 6) is 0.0295. The van der Waals surface area contributed by atoms with Crippen LogP contribution in [-0.2, 0) is 19.0 Å². The van der Waals surface area contributed by atoms with Crippen LogP contribution in [0.15, 0.2) is 0 Å². The second kappa shape index (κ2) is 8.56. The summed E-state index contributed by atoms with van der Waals surface area (Å²) in [4.78, 5) is 14.5. The van der Waals surface area contributed by atoms with Gasteiger partial charge in [0.1, 0.15) is 0 Å². The Morgan fingerprint density at radius 3 is 2.25 bits per heavy atom. The van der Waals surface area contributed by atoms with Crippen molar-refractivity contribution in [3.05, 3.63) is 0 Å². The summed E-state index contributed by atoms with van der Waals surface area (Å²) in [7, 11) is 0. The molecule has 6 heteroatoms. The maximum Gasteiger partial charge on any atom is 0.232 e. The van der Waals surface area contributed by atoms with Crippen molar-refractivity contribution in [1.82, 2.24) is 4.90 Å². The summed E-state index contributed by atoms with van der Waals surface area (Å²) >= 11 is 0. The fourth-order valence-electron chi connectivity index (χ4n) is 2.22. The summed E-state index contributed by atoms with van der Waals surface area (Å²) in [6.45, 7) is 10.0. The molecule has 1 fully saturated rings. The highest BCUT2D eigenvalue weighted by atomic mass is 16.5. The van der Waals surface area contributed by atoms with E-state index in [0.717, 1.165) is 0 Å². The predicted octanol–water partition coefficient (Wildman–Crippen LogP) is 0.252. The Morgan fingerprint density at radius 1 is 1.30 bits per heavy atom. The molecule has 0 saturated carbocycles. The van der Waals surface area contributed by atoms with Crippen LogP contribution < -0.4 is 5.73 Å². The van der Waals surface area contributed by atoms with Crippen LogP contribution in [0, 0.1) is 5.41 Å². The Hall–Kier alpha value is -0.690. The smallest absolute Gasteiger partial charge is 0.232 e. The third-order valence-corrected chi connectivity index (χ3v) is 3.71. The van der Waals surface area contributed by atoms with Crippen LogP contribution in [0.3, 0.4) is 0 Å². The first-order valence-electron chi connectivity index (χ1n) is 7.34. The molecular formula is C14H28N2O4. The first kappa shape index (κ1) is 17.4. The summed E-state index contributed by atoms with van der Waals surface area (Å²) in [5, 5.41) is 0. The Balaban J connectivity index is 2.62. The minimum atomic E-state index is -0.640. The lowest BCUT2D eigenvalue weighted by molar-refractivity contribution is -0.143. The van der Waals surface area contributed by atoms with Crippen LogP contribution in [0.4, 0.5) is 0 Å². The van der Waals surface area contributed by atoms with Crippen molar-refractivity contribution < 1.29 is 19.0 Å². The van der Waals surface area contributed by atoms with Crippen molar-refractivity contribution in [2.24, 2.45) is 11.1 Å². The van der Waals surface area contributed by atoms with Gasteiger partial charge in [0.05, 0.1) is 31.8 Å². The molecule has 0 aromatic rings. The van der Waals surface area contributed by atoms with Gasteiger partial charge >= 0.3 is 0 Å². The summed E-state index contributed by atoms with van der Waals surface area (Å²) in [6, 6.07) is -0.253. The van der Waals surface area contributed by atoms with Gasteiger partial charge in [0, 0.05) is 32.3 Å². The van der Waals surface area contributed by atoms with Gasteiger partial charge < -0.3 is 24.8 Å². The molecule has 0 spiro atoms. The van der Waals surface area contributed by atoms with E-state index in [0.29, 0.717) is 52.7 Å². The van der Waals surface area contributed by atoms with Crippen molar-refractivity contribution in [3.8, 4) is 0 Å². The molecule has 0 aliphatic carbocycles. The molecule has 20 heavy (non-hydrogen) atoms. The molecular weight excluding hydrogens is 260 g/mol. The van der Waals surface area contributed by atoms with E-state index in [1.807, 2.05) is 20.8 Å². The zero-order chi connectivity index (χ0) is 15.0. The minimum absolute atomic E-state index is 0.0295. The van der Waals surface area contributed by atoms with Crippen molar-refractivity contribution in [2.45, 2.75) is 26.8 Å². The Labute approximate surface area is 121 Å². The van der Waals surface area contributed by atoms with E-state index in [-0.39, 0.29) is 11.9 Å². The van der Waals surface area contributed by atoms with E-state index in [9.17, 15) is 4.79 Å². The zero-order valence-corrected chi connectivity index (χ0v) is 12.9. The molecule has 2 atom stereocenters. The standard InChI is InChI=1S/C14H28N2O4/c1-4-18-8-6-16(7-9-19-5-2)13(17)14(3)11-20-10-12(14)15/h12H,4-11,15H2,1-3H3. The van der Waals surface area contributed by atoms with E-state index >= 15 is 0 Å². The maximum absolute atomic E-state index is 12.7. The zero-order valence-electron chi connectivity index (χ0n) is 12.9. The fraction of sp³-hybridized carbons (Fsp3) is 0.929. The van der Waals surface area contributed by atoms with E-state index in [4.69, 9.17) is 19.9 Å². The second-order valence-corrected chi connectivity index (χ2v) is 5.23. The van der Waals surface area contributed by atoms with Crippen molar-refractivity contribution in [1.29, 1.82) is 0 Å². The number of carbonyl (C=O) groups is 1. The van der Waals surface area contributed by atoms with Gasteiger partial charge in [0.2, 0.25) is 5.91 Å². The third kappa shape index (κ3) is 4.41. The molecule has 118 valence electrons. The first-order chi connectivity index (χ1) is 9.56. The fourth-order valence-corrected chi connectivity index (χ4v) is 2.22. The molecule has 1 aliphatic rings. The van der Waals surface area contributed by atoms with Gasteiger partial charge in [-0.3, -0.25) is 4.79 Å². The predicted molar refractivity (Wildman–Crippen MR) is 76.5 cm³/mol. The number of rotatable bonds is 9. The SMILES string of the molecule is CCOCCN(CCOCC)C(=O)C1(C)COCC1N. The quantitative estimate of drug-likeness (QED) is 0.616. The van der Waals surface area contributed by atoms with Gasteiger partial charge in [-0.25, -0.2) is 0 Å². The Morgan fingerprint density at radius 2 is 1.85 bits per heavy atom. The van der Waals surface area contributed by atoms with Crippen LogP contribution in [0.1, 0.15) is 20.8 Å². The van der Waals surface area contributed by atoms with Gasteiger partial charge in [-0.05, 0) is 20.8 Å². The van der Waals surface area contributed by atoms with E-state index in [1.54, 1.807) is 4.90 Å². The molecule has 2 unspecified atom stereocenters. The lowest BCUT2D eigenvalue weighted by Crippen LogP contribution is -2.52. The summed E-state index contributed by atoms with van der Waals surface area (Å²) < 4.78 is 16.1. The number of carbonyl (C=O) groups excluding carboxylic acids is 1. The number of nitrogens with zero attached hydrogens (tertiary/aromatic N) is 1. The lowest BCUT2D eigenvalue weighted by Gasteiger charge is -2.33. The maximum atomic E-state index is 12.7. The average molecular weight is 288 g/mol. The van der Waals surface area contributed by atoms with E-state index < -0.39 is 5.41 Å². The monoisotopic (exact) mass is 288 g/mol. The van der Waals surface area contributed by atoms with Crippen LogP contribution in [-0.4, -0.2) is 69.6 Å². The molecule has 1 saturated heterocycles. The number of ether oxygens (including phenoxy) is 3. The van der Waals surface area contributed by atoms with Crippen molar-refractivity contribution >= 4 is 5.91 Å². The van der Waals surface area contributed by atoms with Crippen molar-refractivity contribution in [2.75, 3.05) is 52.7 Å². The highest BCUT2D eigenvalue weighted by molar-refractivity contribution is 5.83. The van der Waals surface area contributed by atoms with Gasteiger partial charge in [-0.2, -0.15) is 0 Å². The number of hydrogen-bond acceptors (Lipinski definition) is 5. The molecule has 2 N–H and O–H groups in total. The normalized spacial score (nSPS) is 25.9. The molecule has 0 radical (unpaired) electrons. The molecule has 1 heterocycles. The van der Waals surface area contributed by atoms with Gasteiger partial charge in [-0.1, -0.05) is 0 Å². The van der Waals surface area contributed by atoms with Gasteiger partial charge in [-0.15, -0.1) is 0 Å². The van der Waals surface area contributed by atoms with Crippen molar-refractivity contribution in [3.63, 3.8) is 0 Å². The Bertz CT molecular complexity index is 291. The molecule has 0 aromatic carbocycles. The van der Waals surface area contributed by atoms with Crippen LogP contribution >= 0.6 is 0 Å². The second-order valence-electron chi connectivity index (χ2n) is 5.23. The van der Waals surface area contributed by atoms with Crippen LogP contribution in [0.25, 0.3) is 0 Å². The highest BCUT2D eigenvalue weighted by Gasteiger charge is 2.46. The first-order valence-corrected chi connectivity index (χ1v) is 7.34. The lowest BCUT2D eigenvalue weighted by atomic mass is 9.84. The summed E-state index contributed by atoms with van der Waals surface area (Å²) in [6.07, 6.45) is 0. The summed E-state index contributed by atoms with van der Waals surface area (Å²) in [5.41, 5.74) is 5.39. The molecule has 1 amide bonds. The topological polar surface area (TPSA) is 74.0 Å². The Kier molecular flexibility index (Phi) is 7.43. The largest absolute Gasteiger partial charge is 0.380 e. The van der Waals surface area contributed by atoms with Gasteiger partial charge in [0.25, 0.3) is 0 Å². The van der Waals surface area contributed by atoms with Crippen LogP contribution in [0.2, 0.25) is 0 Å².